The Morgan fingerprint density at radius 1 is 1.17 bits per heavy atom. The van der Waals surface area contributed by atoms with E-state index >= 15 is 0 Å². The quantitative estimate of drug-likeness (QED) is 0.298. The molecule has 6 nitrogen and oxygen atoms in total. The van der Waals surface area contributed by atoms with E-state index < -0.39 is 12.2 Å². The Balaban J connectivity index is 1.60. The molecule has 7 heteroatoms. The Morgan fingerprint density at radius 2 is 1.97 bits per heavy atom. The van der Waals surface area contributed by atoms with Gasteiger partial charge in [0.1, 0.15) is 5.51 Å². The number of nitrogens with zero attached hydrogens (tertiary/aromatic N) is 2. The van der Waals surface area contributed by atoms with Crippen LogP contribution in [0.2, 0.25) is 0 Å². The lowest BCUT2D eigenvalue weighted by Gasteiger charge is -2.20. The van der Waals surface area contributed by atoms with Crippen LogP contribution >= 0.6 is 11.3 Å². The first-order valence-electron chi connectivity index (χ1n) is 11.2. The molecule has 0 radical (unpaired) electrons. The van der Waals surface area contributed by atoms with Crippen LogP contribution in [0.15, 0.2) is 17.7 Å². The molecule has 0 spiro atoms. The van der Waals surface area contributed by atoms with Crippen LogP contribution in [0, 0.1) is 11.8 Å². The fourth-order valence-electron chi connectivity index (χ4n) is 4.15. The normalized spacial score (nSPS) is 24.4. The summed E-state index contributed by atoms with van der Waals surface area (Å²) in [7, 11) is 0. The van der Waals surface area contributed by atoms with E-state index in [0.717, 1.165) is 38.5 Å². The lowest BCUT2D eigenvalue weighted by atomic mass is 9.88. The second-order valence-electron chi connectivity index (χ2n) is 8.13. The van der Waals surface area contributed by atoms with E-state index in [1.807, 2.05) is 0 Å². The van der Waals surface area contributed by atoms with Crippen LogP contribution in [0.5, 0.6) is 0 Å². The highest BCUT2D eigenvalue weighted by molar-refractivity contribution is 7.13. The van der Waals surface area contributed by atoms with E-state index in [0.29, 0.717) is 18.0 Å². The highest BCUT2D eigenvalue weighted by Crippen LogP contribution is 2.37. The molecule has 4 unspecified atom stereocenters. The number of anilines is 1. The maximum atomic E-state index is 11.8. The van der Waals surface area contributed by atoms with E-state index in [-0.39, 0.29) is 17.7 Å². The molecule has 2 rings (SSSR count). The number of allylic oxidation sites excluding steroid dienone is 1. The average Bonchev–Trinajstić information content (AvgIpc) is 3.29. The fourth-order valence-corrected chi connectivity index (χ4v) is 4.61. The maximum Gasteiger partial charge on any atom is 0.226 e. The predicted molar refractivity (Wildman–Crippen MR) is 118 cm³/mol. The number of carbonyl (C=O) groups is 1. The zero-order chi connectivity index (χ0) is 20.9. The first kappa shape index (κ1) is 24.0. The maximum absolute atomic E-state index is 11.8. The van der Waals surface area contributed by atoms with Gasteiger partial charge in [0.05, 0.1) is 12.2 Å². The Bertz CT molecular complexity index is 594. The molecular weight excluding hydrogens is 386 g/mol. The second kappa shape index (κ2) is 13.8. The van der Waals surface area contributed by atoms with Crippen LogP contribution in [-0.4, -0.2) is 38.5 Å². The van der Waals surface area contributed by atoms with Gasteiger partial charge in [-0.05, 0) is 31.6 Å². The predicted octanol–water partition coefficient (Wildman–Crippen LogP) is 4.70. The number of carbonyl (C=O) groups excluding carboxylic acids is 1. The summed E-state index contributed by atoms with van der Waals surface area (Å²) in [6.07, 6.45) is 15.4. The van der Waals surface area contributed by atoms with Gasteiger partial charge in [0.2, 0.25) is 11.0 Å². The zero-order valence-corrected chi connectivity index (χ0v) is 18.4. The van der Waals surface area contributed by atoms with Gasteiger partial charge in [0.25, 0.3) is 0 Å². The molecule has 1 fully saturated rings. The fraction of sp³-hybridized carbons (Fsp3) is 0.773. The molecule has 0 saturated heterocycles. The van der Waals surface area contributed by atoms with Gasteiger partial charge < -0.3 is 15.5 Å². The van der Waals surface area contributed by atoms with Crippen molar-refractivity contribution in [2.45, 2.75) is 96.2 Å². The number of amides is 1. The number of aliphatic hydroxyl groups is 2. The van der Waals surface area contributed by atoms with Crippen molar-refractivity contribution >= 4 is 22.4 Å². The van der Waals surface area contributed by atoms with Crippen molar-refractivity contribution in [3.05, 3.63) is 17.7 Å². The highest BCUT2D eigenvalue weighted by Gasteiger charge is 2.39. The molecule has 0 bridgehead atoms. The largest absolute Gasteiger partial charge is 0.393 e. The third kappa shape index (κ3) is 8.93. The average molecular weight is 424 g/mol. The van der Waals surface area contributed by atoms with Crippen LogP contribution in [0.25, 0.3) is 0 Å². The third-order valence-corrected chi connectivity index (χ3v) is 6.40. The van der Waals surface area contributed by atoms with Crippen molar-refractivity contribution in [3.8, 4) is 0 Å². The first-order valence-corrected chi connectivity index (χ1v) is 12.1. The minimum absolute atomic E-state index is 0.0137. The molecule has 164 valence electrons. The van der Waals surface area contributed by atoms with Gasteiger partial charge in [-0.15, -0.1) is 10.2 Å². The highest BCUT2D eigenvalue weighted by atomic mass is 32.1. The Morgan fingerprint density at radius 3 is 2.72 bits per heavy atom. The summed E-state index contributed by atoms with van der Waals surface area (Å²) in [5, 5.41) is 31.5. The molecule has 0 aromatic carbocycles. The summed E-state index contributed by atoms with van der Waals surface area (Å²) >= 11 is 1.32. The number of rotatable bonds is 14. The van der Waals surface area contributed by atoms with E-state index in [4.69, 9.17) is 0 Å². The number of hydrogen-bond acceptors (Lipinski definition) is 6. The van der Waals surface area contributed by atoms with E-state index in [2.05, 4.69) is 34.6 Å². The topological polar surface area (TPSA) is 95.3 Å². The smallest absolute Gasteiger partial charge is 0.226 e. The van der Waals surface area contributed by atoms with E-state index in [1.54, 1.807) is 5.51 Å². The lowest BCUT2D eigenvalue weighted by Crippen LogP contribution is -2.20. The van der Waals surface area contributed by atoms with E-state index in [1.165, 1.54) is 37.0 Å². The van der Waals surface area contributed by atoms with Gasteiger partial charge in [-0.1, -0.05) is 68.9 Å². The van der Waals surface area contributed by atoms with Crippen molar-refractivity contribution < 1.29 is 15.0 Å². The number of nitrogens with one attached hydrogen (secondary N) is 1. The summed E-state index contributed by atoms with van der Waals surface area (Å²) in [6.45, 7) is 2.21. The molecule has 0 aliphatic heterocycles. The number of unbranched alkanes of at least 4 members (excludes halogenated alkanes) is 7. The van der Waals surface area contributed by atoms with E-state index in [9.17, 15) is 15.0 Å². The van der Waals surface area contributed by atoms with Gasteiger partial charge in [-0.25, -0.2) is 0 Å². The molecule has 1 aliphatic rings. The van der Waals surface area contributed by atoms with Crippen LogP contribution in [0.3, 0.4) is 0 Å². The first-order chi connectivity index (χ1) is 14.1. The van der Waals surface area contributed by atoms with Crippen LogP contribution in [-0.2, 0) is 4.79 Å². The summed E-state index contributed by atoms with van der Waals surface area (Å²) < 4.78 is 0. The number of aliphatic hydroxyl groups excluding tert-OH is 2. The van der Waals surface area contributed by atoms with Gasteiger partial charge in [0.15, 0.2) is 0 Å². The lowest BCUT2D eigenvalue weighted by molar-refractivity contribution is -0.116. The molecule has 29 heavy (non-hydrogen) atoms. The molecule has 1 aromatic rings. The SMILES string of the molecule is CCCCCCC=CC1C(O)CC(O)C1CCCCCCC(=O)Nc1nncs1. The van der Waals surface area contributed by atoms with Gasteiger partial charge in [-0.2, -0.15) is 0 Å². The minimum atomic E-state index is -0.425. The van der Waals surface area contributed by atoms with Gasteiger partial charge in [0, 0.05) is 18.8 Å². The van der Waals surface area contributed by atoms with Crippen molar-refractivity contribution in [1.29, 1.82) is 0 Å². The number of hydrogen-bond donors (Lipinski definition) is 3. The molecule has 4 atom stereocenters. The zero-order valence-electron chi connectivity index (χ0n) is 17.6. The summed E-state index contributed by atoms with van der Waals surface area (Å²) in [4.78, 5) is 11.8. The number of aromatic nitrogens is 2. The molecule has 1 amide bonds. The third-order valence-electron chi connectivity index (χ3n) is 5.80. The minimum Gasteiger partial charge on any atom is -0.393 e. The van der Waals surface area contributed by atoms with Crippen molar-refractivity contribution in [3.63, 3.8) is 0 Å². The second-order valence-corrected chi connectivity index (χ2v) is 8.97. The molecule has 1 saturated carbocycles. The van der Waals surface area contributed by atoms with Crippen LogP contribution < -0.4 is 5.32 Å². The molecule has 1 aromatic heterocycles. The van der Waals surface area contributed by atoms with Crippen molar-refractivity contribution in [2.75, 3.05) is 5.32 Å². The monoisotopic (exact) mass is 423 g/mol. The Kier molecular flexibility index (Phi) is 11.4. The van der Waals surface area contributed by atoms with Crippen molar-refractivity contribution in [2.24, 2.45) is 11.8 Å². The molecule has 1 aliphatic carbocycles. The molecule has 1 heterocycles. The molecule has 3 N–H and O–H groups in total. The van der Waals surface area contributed by atoms with Crippen LogP contribution in [0.1, 0.15) is 84.0 Å². The van der Waals surface area contributed by atoms with Crippen molar-refractivity contribution in [1.82, 2.24) is 10.2 Å². The van der Waals surface area contributed by atoms with Crippen LogP contribution in [0.4, 0.5) is 5.13 Å². The summed E-state index contributed by atoms with van der Waals surface area (Å²) in [5.74, 6) is 0.215. The Hall–Kier alpha value is -1.31. The molecular formula is C22H37N3O3S. The van der Waals surface area contributed by atoms with Gasteiger partial charge in [-0.3, -0.25) is 4.79 Å². The summed E-state index contributed by atoms with van der Waals surface area (Å²) in [5.41, 5.74) is 1.60. The van der Waals surface area contributed by atoms with Gasteiger partial charge >= 0.3 is 0 Å². The standard InChI is InChI=1S/C22H37N3O3S/c1-2-3-4-5-6-9-12-17-18(20(27)15-19(17)26)13-10-7-8-11-14-21(28)24-22-25-23-16-29-22/h9,12,16-20,26-27H,2-8,10-11,13-15H2,1H3,(H,24,25,28). The summed E-state index contributed by atoms with van der Waals surface area (Å²) in [6, 6.07) is 0. The Labute approximate surface area is 178 Å².